The van der Waals surface area contributed by atoms with Crippen molar-refractivity contribution in [2.75, 3.05) is 20.8 Å². The van der Waals surface area contributed by atoms with E-state index in [2.05, 4.69) is 0 Å². The van der Waals surface area contributed by atoms with E-state index in [0.29, 0.717) is 32.1 Å². The molecule has 6 rings (SSSR count). The van der Waals surface area contributed by atoms with Crippen molar-refractivity contribution < 1.29 is 19.0 Å². The molecule has 0 aliphatic carbocycles. The van der Waals surface area contributed by atoms with E-state index in [9.17, 15) is 9.59 Å². The zero-order valence-corrected chi connectivity index (χ0v) is 24.2. The molecule has 0 bridgehead atoms. The number of ether oxygens (including phenoxy) is 3. The number of esters is 1. The molecule has 1 aromatic heterocycles. The normalized spacial score (nSPS) is 14.8. The summed E-state index contributed by atoms with van der Waals surface area (Å²) in [6, 6.07) is 27.8. The van der Waals surface area contributed by atoms with Gasteiger partial charge in [0.2, 0.25) is 0 Å². The number of carbonyl (C=O) groups is 1. The zero-order chi connectivity index (χ0) is 29.2. The Labute approximate surface area is 246 Å². The molecule has 0 saturated carbocycles. The Morgan fingerprint density at radius 3 is 2.38 bits per heavy atom. The van der Waals surface area contributed by atoms with Crippen molar-refractivity contribution in [3.05, 3.63) is 133 Å². The Bertz CT molecular complexity index is 2020. The Hall–Kier alpha value is -4.95. The molecular formula is C34H28N2O5S. The fraction of sp³-hybridized carbons (Fsp3) is 0.147. The third-order valence-electron chi connectivity index (χ3n) is 7.22. The smallest absolute Gasteiger partial charge is 0.338 e. The Balaban J connectivity index is 1.75. The van der Waals surface area contributed by atoms with Gasteiger partial charge in [0.25, 0.3) is 5.56 Å². The van der Waals surface area contributed by atoms with Gasteiger partial charge < -0.3 is 14.2 Å². The molecule has 0 unspecified atom stereocenters. The molecule has 0 spiro atoms. The van der Waals surface area contributed by atoms with Crippen LogP contribution in [-0.2, 0) is 9.53 Å². The maximum atomic E-state index is 14.3. The van der Waals surface area contributed by atoms with Gasteiger partial charge in [-0.3, -0.25) is 9.36 Å². The molecule has 2 heterocycles. The molecule has 0 radical (unpaired) electrons. The highest BCUT2D eigenvalue weighted by molar-refractivity contribution is 7.07. The van der Waals surface area contributed by atoms with Crippen LogP contribution < -0.4 is 24.4 Å². The van der Waals surface area contributed by atoms with E-state index in [1.165, 1.54) is 11.3 Å². The fourth-order valence-electron chi connectivity index (χ4n) is 5.38. The second kappa shape index (κ2) is 11.5. The van der Waals surface area contributed by atoms with Gasteiger partial charge in [-0.05, 0) is 35.9 Å². The van der Waals surface area contributed by atoms with E-state index in [0.717, 1.165) is 21.9 Å². The first-order valence-electron chi connectivity index (χ1n) is 13.5. The summed E-state index contributed by atoms with van der Waals surface area (Å²) in [6.45, 7) is 1.93. The minimum Gasteiger partial charge on any atom is -0.496 e. The number of benzene rings is 4. The summed E-state index contributed by atoms with van der Waals surface area (Å²) in [5.74, 6) is 0.654. The first-order chi connectivity index (χ1) is 20.5. The molecule has 1 aliphatic heterocycles. The summed E-state index contributed by atoms with van der Waals surface area (Å²) in [5, 5.41) is 1.81. The maximum Gasteiger partial charge on any atom is 0.338 e. The number of hydrogen-bond acceptors (Lipinski definition) is 7. The lowest BCUT2D eigenvalue weighted by Crippen LogP contribution is -2.40. The van der Waals surface area contributed by atoms with Crippen LogP contribution in [0.15, 0.2) is 106 Å². The number of rotatable bonds is 7. The average Bonchev–Trinajstić information content (AvgIpc) is 3.34. The summed E-state index contributed by atoms with van der Waals surface area (Å²) in [6.07, 6.45) is 1.80. The molecule has 5 aromatic rings. The summed E-state index contributed by atoms with van der Waals surface area (Å²) in [4.78, 5) is 33.6. The molecule has 210 valence electrons. The molecule has 0 N–H and O–H groups in total. The van der Waals surface area contributed by atoms with Crippen LogP contribution in [0, 0.1) is 0 Å². The Kier molecular flexibility index (Phi) is 7.46. The number of hydrogen-bond donors (Lipinski definition) is 0. The quantitative estimate of drug-likeness (QED) is 0.252. The first-order valence-corrected chi connectivity index (χ1v) is 14.3. The van der Waals surface area contributed by atoms with Crippen molar-refractivity contribution in [2.45, 2.75) is 13.0 Å². The highest BCUT2D eigenvalue weighted by Crippen LogP contribution is 2.42. The summed E-state index contributed by atoms with van der Waals surface area (Å²) in [5.41, 5.74) is 2.64. The Morgan fingerprint density at radius 1 is 0.905 bits per heavy atom. The molecule has 8 heteroatoms. The molecule has 0 fully saturated rings. The third-order valence-corrected chi connectivity index (χ3v) is 8.21. The van der Waals surface area contributed by atoms with Crippen LogP contribution in [0.2, 0.25) is 0 Å². The monoisotopic (exact) mass is 576 g/mol. The van der Waals surface area contributed by atoms with Crippen LogP contribution in [0.4, 0.5) is 0 Å². The molecular weight excluding hydrogens is 548 g/mol. The number of carbonyl (C=O) groups excluding carboxylic acids is 1. The topological polar surface area (TPSA) is 79.1 Å². The predicted octanol–water partition coefficient (Wildman–Crippen LogP) is 5.11. The number of aromatic nitrogens is 1. The lowest BCUT2D eigenvalue weighted by Gasteiger charge is -2.28. The molecule has 4 aromatic carbocycles. The SMILES string of the molecule is CCOC(=O)C1=C(c2ccccc2)N=c2s/c(=C\c3ccccc3OC)c(=O)n2[C@H]1c1c(OC)ccc2ccccc12. The predicted molar refractivity (Wildman–Crippen MR) is 165 cm³/mol. The van der Waals surface area contributed by atoms with Crippen molar-refractivity contribution in [2.24, 2.45) is 4.99 Å². The van der Waals surface area contributed by atoms with Gasteiger partial charge in [0.15, 0.2) is 4.80 Å². The van der Waals surface area contributed by atoms with Gasteiger partial charge in [0.05, 0.1) is 36.6 Å². The van der Waals surface area contributed by atoms with Gasteiger partial charge in [-0.1, -0.05) is 90.2 Å². The van der Waals surface area contributed by atoms with Gasteiger partial charge in [-0.2, -0.15) is 0 Å². The minimum atomic E-state index is -0.864. The lowest BCUT2D eigenvalue weighted by molar-refractivity contribution is -0.138. The fourth-order valence-corrected chi connectivity index (χ4v) is 6.37. The average molecular weight is 577 g/mol. The van der Waals surface area contributed by atoms with Crippen LogP contribution in [0.1, 0.15) is 29.7 Å². The maximum absolute atomic E-state index is 14.3. The highest BCUT2D eigenvalue weighted by atomic mass is 32.1. The van der Waals surface area contributed by atoms with E-state index >= 15 is 0 Å². The van der Waals surface area contributed by atoms with E-state index < -0.39 is 12.0 Å². The molecule has 1 atom stereocenters. The van der Waals surface area contributed by atoms with Crippen molar-refractivity contribution in [1.82, 2.24) is 4.57 Å². The third kappa shape index (κ3) is 4.69. The summed E-state index contributed by atoms with van der Waals surface area (Å²) >= 11 is 1.26. The van der Waals surface area contributed by atoms with E-state index in [1.54, 1.807) is 31.8 Å². The van der Waals surface area contributed by atoms with Crippen LogP contribution >= 0.6 is 11.3 Å². The van der Waals surface area contributed by atoms with Gasteiger partial charge in [-0.25, -0.2) is 9.79 Å². The molecule has 1 aliphatic rings. The molecule has 0 saturated heterocycles. The van der Waals surface area contributed by atoms with Gasteiger partial charge >= 0.3 is 5.97 Å². The summed E-state index contributed by atoms with van der Waals surface area (Å²) < 4.78 is 19.1. The number of para-hydroxylation sites is 1. The lowest BCUT2D eigenvalue weighted by atomic mass is 9.89. The summed E-state index contributed by atoms with van der Waals surface area (Å²) in [7, 11) is 3.18. The van der Waals surface area contributed by atoms with Crippen LogP contribution in [-0.4, -0.2) is 31.4 Å². The van der Waals surface area contributed by atoms with Crippen molar-refractivity contribution >= 4 is 39.9 Å². The van der Waals surface area contributed by atoms with Crippen LogP contribution in [0.3, 0.4) is 0 Å². The number of methoxy groups -OCH3 is 2. The van der Waals surface area contributed by atoms with Gasteiger partial charge in [0.1, 0.15) is 17.5 Å². The first kappa shape index (κ1) is 27.2. The van der Waals surface area contributed by atoms with Crippen molar-refractivity contribution in [1.29, 1.82) is 0 Å². The number of thiazole rings is 1. The standard InChI is InChI=1S/C34H28N2O5S/c1-4-41-33(38)29-30(22-13-6-5-7-14-22)35-34-36(32(37)27(42-34)20-23-15-9-11-17-25(23)39-2)31(29)28-24-16-10-8-12-21(24)18-19-26(28)40-3/h5-20,31H,4H2,1-3H3/b27-20-/t31-/m0/s1. The van der Waals surface area contributed by atoms with Crippen LogP contribution in [0.5, 0.6) is 11.5 Å². The zero-order valence-electron chi connectivity index (χ0n) is 23.4. The second-order valence-corrected chi connectivity index (χ2v) is 10.6. The minimum absolute atomic E-state index is 0.169. The van der Waals surface area contributed by atoms with Crippen molar-refractivity contribution in [3.8, 4) is 11.5 Å². The van der Waals surface area contributed by atoms with Crippen molar-refractivity contribution in [3.63, 3.8) is 0 Å². The molecule has 0 amide bonds. The number of nitrogens with zero attached hydrogens (tertiary/aromatic N) is 2. The van der Waals surface area contributed by atoms with E-state index in [-0.39, 0.29) is 17.7 Å². The molecule has 7 nitrogen and oxygen atoms in total. The second-order valence-electron chi connectivity index (χ2n) is 9.58. The van der Waals surface area contributed by atoms with Crippen LogP contribution in [0.25, 0.3) is 22.5 Å². The van der Waals surface area contributed by atoms with Gasteiger partial charge in [-0.15, -0.1) is 0 Å². The highest BCUT2D eigenvalue weighted by Gasteiger charge is 2.37. The molecule has 42 heavy (non-hydrogen) atoms. The van der Waals surface area contributed by atoms with E-state index in [1.807, 2.05) is 91.0 Å². The number of fused-ring (bicyclic) bond motifs is 2. The Morgan fingerprint density at radius 2 is 1.62 bits per heavy atom. The largest absolute Gasteiger partial charge is 0.496 e. The van der Waals surface area contributed by atoms with Gasteiger partial charge in [0, 0.05) is 16.7 Å². The van der Waals surface area contributed by atoms with E-state index in [4.69, 9.17) is 19.2 Å².